The second-order valence-corrected chi connectivity index (χ2v) is 11.3. The lowest BCUT2D eigenvalue weighted by molar-refractivity contribution is 0.112. The number of anilines is 3. The van der Waals surface area contributed by atoms with Gasteiger partial charge in [0.15, 0.2) is 0 Å². The Bertz CT molecular complexity index is 2000. The number of rotatable bonds is 6. The number of fused-ring (bicyclic) bond motifs is 5. The Kier molecular flexibility index (Phi) is 6.36. The number of aldehydes is 1. The molecule has 0 saturated heterocycles. The molecule has 3 nitrogen and oxygen atoms in total. The Hall–Kier alpha value is -5.15. The molecule has 6 aromatic carbocycles. The number of para-hydroxylation sites is 1. The number of hydrogen-bond acceptors (Lipinski definition) is 3. The van der Waals surface area contributed by atoms with Crippen molar-refractivity contribution < 1.29 is 9.53 Å². The van der Waals surface area contributed by atoms with Crippen molar-refractivity contribution in [3.63, 3.8) is 0 Å². The van der Waals surface area contributed by atoms with Gasteiger partial charge in [0.1, 0.15) is 12.9 Å². The molecule has 0 N–H and O–H groups in total. The van der Waals surface area contributed by atoms with Crippen LogP contribution < -0.4 is 4.90 Å². The van der Waals surface area contributed by atoms with Gasteiger partial charge in [-0.3, -0.25) is 4.79 Å². The summed E-state index contributed by atoms with van der Waals surface area (Å²) in [5, 5.41) is 4.90. The fourth-order valence-corrected chi connectivity index (χ4v) is 6.45. The van der Waals surface area contributed by atoms with Crippen molar-refractivity contribution in [2.75, 3.05) is 4.90 Å². The summed E-state index contributed by atoms with van der Waals surface area (Å²) < 4.78 is 5.79. The first-order chi connectivity index (χ1) is 20.6. The van der Waals surface area contributed by atoms with E-state index in [4.69, 9.17) is 4.74 Å². The van der Waals surface area contributed by atoms with E-state index in [9.17, 15) is 4.79 Å². The molecule has 0 atom stereocenters. The maximum absolute atomic E-state index is 11.3. The van der Waals surface area contributed by atoms with Gasteiger partial charge in [0.2, 0.25) is 0 Å². The number of carbonyl (C=O) groups excluding carboxylic acids is 1. The molecule has 0 spiro atoms. The predicted octanol–water partition coefficient (Wildman–Crippen LogP) is 10.1. The van der Waals surface area contributed by atoms with Crippen molar-refractivity contribution in [3.05, 3.63) is 155 Å². The Morgan fingerprint density at radius 2 is 1.45 bits per heavy atom. The van der Waals surface area contributed by atoms with Crippen LogP contribution in [-0.4, -0.2) is 6.29 Å². The largest absolute Gasteiger partial charge is 0.496 e. The first-order valence-corrected chi connectivity index (χ1v) is 14.3. The molecule has 0 bridgehead atoms. The van der Waals surface area contributed by atoms with Crippen LogP contribution in [0, 0.1) is 0 Å². The molecular formula is C39H31NO2. The molecule has 42 heavy (non-hydrogen) atoms. The van der Waals surface area contributed by atoms with Gasteiger partial charge < -0.3 is 9.64 Å². The first-order valence-electron chi connectivity index (χ1n) is 14.3. The van der Waals surface area contributed by atoms with Crippen LogP contribution in [0.15, 0.2) is 128 Å². The third kappa shape index (κ3) is 4.26. The van der Waals surface area contributed by atoms with Gasteiger partial charge in [-0.15, -0.1) is 0 Å². The lowest BCUT2D eigenvalue weighted by Gasteiger charge is -2.43. The molecule has 7 rings (SSSR count). The lowest BCUT2D eigenvalue weighted by Crippen LogP contribution is -2.31. The van der Waals surface area contributed by atoms with E-state index in [-0.39, 0.29) is 5.41 Å². The van der Waals surface area contributed by atoms with Crippen LogP contribution in [0.25, 0.3) is 27.6 Å². The minimum Gasteiger partial charge on any atom is -0.496 e. The van der Waals surface area contributed by atoms with Gasteiger partial charge >= 0.3 is 0 Å². The summed E-state index contributed by atoms with van der Waals surface area (Å²) in [5.74, 6) is 0. The molecular weight excluding hydrogens is 514 g/mol. The number of ether oxygens (including phenoxy) is 1. The van der Waals surface area contributed by atoms with Gasteiger partial charge in [0.05, 0.1) is 23.3 Å². The maximum atomic E-state index is 11.3. The molecule has 3 heteroatoms. The summed E-state index contributed by atoms with van der Waals surface area (Å²) in [6.07, 6.45) is 4.56. The molecule has 6 aromatic rings. The normalized spacial score (nSPS) is 13.7. The van der Waals surface area contributed by atoms with Gasteiger partial charge in [-0.05, 0) is 68.8 Å². The van der Waals surface area contributed by atoms with Crippen molar-refractivity contribution in [3.8, 4) is 0 Å². The number of carbonyl (C=O) groups is 1. The van der Waals surface area contributed by atoms with E-state index in [2.05, 4.69) is 116 Å². The highest BCUT2D eigenvalue weighted by Crippen LogP contribution is 2.54. The minimum atomic E-state index is -0.195. The fourth-order valence-electron chi connectivity index (χ4n) is 6.45. The standard InChI is InChI=1S/C39H31NO2/c1-39(2)34-15-7-8-16-36(34)40(35-17-9-13-28-10-5-6-14-32(28)35)37-21-19-29-24-27(18-20-33(29)38(37)39)22-23-42-26-31-12-4-3-11-30(31)25-41/h3-25H,26H2,1-2H3. The Morgan fingerprint density at radius 1 is 0.690 bits per heavy atom. The second kappa shape index (κ2) is 10.4. The molecule has 0 aliphatic carbocycles. The summed E-state index contributed by atoms with van der Waals surface area (Å²) >= 11 is 0. The highest BCUT2D eigenvalue weighted by molar-refractivity contribution is 6.04. The van der Waals surface area contributed by atoms with E-state index in [1.165, 1.54) is 49.7 Å². The minimum absolute atomic E-state index is 0.195. The Balaban J connectivity index is 1.31. The summed E-state index contributed by atoms with van der Waals surface area (Å²) in [6.45, 7) is 5.02. The lowest BCUT2D eigenvalue weighted by atomic mass is 9.71. The van der Waals surface area contributed by atoms with Crippen LogP contribution in [0.1, 0.15) is 46.5 Å². The van der Waals surface area contributed by atoms with Gasteiger partial charge in [-0.1, -0.05) is 111 Å². The predicted molar refractivity (Wildman–Crippen MR) is 174 cm³/mol. The topological polar surface area (TPSA) is 29.5 Å². The molecule has 204 valence electrons. The molecule has 0 amide bonds. The third-order valence-corrected chi connectivity index (χ3v) is 8.49. The first kappa shape index (κ1) is 25.8. The number of hydrogen-bond donors (Lipinski definition) is 0. The molecule has 1 heterocycles. The van der Waals surface area contributed by atoms with Crippen LogP contribution in [0.2, 0.25) is 0 Å². The van der Waals surface area contributed by atoms with E-state index >= 15 is 0 Å². The highest BCUT2D eigenvalue weighted by Gasteiger charge is 2.38. The van der Waals surface area contributed by atoms with E-state index in [1.54, 1.807) is 12.3 Å². The second-order valence-electron chi connectivity index (χ2n) is 11.3. The smallest absolute Gasteiger partial charge is 0.150 e. The molecule has 1 aliphatic rings. The zero-order valence-corrected chi connectivity index (χ0v) is 23.7. The van der Waals surface area contributed by atoms with E-state index in [1.807, 2.05) is 24.3 Å². The number of nitrogens with zero attached hydrogens (tertiary/aromatic N) is 1. The van der Waals surface area contributed by atoms with Gasteiger partial charge in [-0.25, -0.2) is 0 Å². The fraction of sp³-hybridized carbons (Fsp3) is 0.103. The quantitative estimate of drug-likeness (QED) is 0.154. The van der Waals surface area contributed by atoms with Gasteiger partial charge in [0, 0.05) is 16.4 Å². The zero-order chi connectivity index (χ0) is 28.7. The van der Waals surface area contributed by atoms with Gasteiger partial charge in [-0.2, -0.15) is 0 Å². The monoisotopic (exact) mass is 545 g/mol. The van der Waals surface area contributed by atoms with Crippen LogP contribution >= 0.6 is 0 Å². The van der Waals surface area contributed by atoms with Gasteiger partial charge in [0.25, 0.3) is 0 Å². The average molecular weight is 546 g/mol. The molecule has 0 fully saturated rings. The molecule has 0 aromatic heterocycles. The van der Waals surface area contributed by atoms with Crippen molar-refractivity contribution in [1.82, 2.24) is 0 Å². The molecule has 0 radical (unpaired) electrons. The van der Waals surface area contributed by atoms with Crippen LogP contribution in [0.5, 0.6) is 0 Å². The van der Waals surface area contributed by atoms with Crippen LogP contribution in [0.4, 0.5) is 17.1 Å². The van der Waals surface area contributed by atoms with Crippen LogP contribution in [0.3, 0.4) is 0 Å². The van der Waals surface area contributed by atoms with E-state index < -0.39 is 0 Å². The summed E-state index contributed by atoms with van der Waals surface area (Å²) in [6, 6.07) is 42.6. The molecule has 1 aliphatic heterocycles. The number of benzene rings is 6. The average Bonchev–Trinajstić information content (AvgIpc) is 3.03. The third-order valence-electron chi connectivity index (χ3n) is 8.49. The summed E-state index contributed by atoms with van der Waals surface area (Å²) in [7, 11) is 0. The SMILES string of the molecule is CC1(C)c2ccccc2N(c2cccc3ccccc23)c2ccc3cc(C=COCc4ccccc4C=O)ccc3c21. The van der Waals surface area contributed by atoms with E-state index in [0.717, 1.165) is 17.4 Å². The summed E-state index contributed by atoms with van der Waals surface area (Å²) in [5.41, 5.74) is 8.65. The van der Waals surface area contributed by atoms with Crippen molar-refractivity contribution in [1.29, 1.82) is 0 Å². The Morgan fingerprint density at radius 3 is 2.36 bits per heavy atom. The Labute approximate surface area is 246 Å². The van der Waals surface area contributed by atoms with Crippen molar-refractivity contribution in [2.24, 2.45) is 0 Å². The van der Waals surface area contributed by atoms with Crippen molar-refractivity contribution in [2.45, 2.75) is 25.9 Å². The van der Waals surface area contributed by atoms with E-state index in [0.29, 0.717) is 12.2 Å². The zero-order valence-electron chi connectivity index (χ0n) is 23.7. The maximum Gasteiger partial charge on any atom is 0.150 e. The molecule has 0 unspecified atom stereocenters. The van der Waals surface area contributed by atoms with Crippen LogP contribution in [-0.2, 0) is 16.8 Å². The molecule has 0 saturated carbocycles. The highest BCUT2D eigenvalue weighted by atomic mass is 16.5. The summed E-state index contributed by atoms with van der Waals surface area (Å²) in [4.78, 5) is 13.7. The van der Waals surface area contributed by atoms with Crippen molar-refractivity contribution >= 4 is 51.0 Å².